The van der Waals surface area contributed by atoms with Crippen LogP contribution in [0.1, 0.15) is 24.2 Å². The molecule has 2 rings (SSSR count). The van der Waals surface area contributed by atoms with E-state index in [-0.39, 0.29) is 11.9 Å². The topological polar surface area (TPSA) is 34.2 Å². The molecule has 1 N–H and O–H groups in total. The molecule has 1 heterocycles. The second-order valence-electron chi connectivity index (χ2n) is 4.28. The van der Waals surface area contributed by atoms with Gasteiger partial charge in [0.25, 0.3) is 0 Å². The van der Waals surface area contributed by atoms with E-state index in [9.17, 15) is 4.39 Å². The molecule has 0 spiro atoms. The van der Waals surface area contributed by atoms with Crippen molar-refractivity contribution in [2.24, 2.45) is 0 Å². The van der Waals surface area contributed by atoms with Crippen LogP contribution in [0.15, 0.2) is 36.5 Å². The lowest BCUT2D eigenvalue weighted by atomic mass is 10.0. The first kappa shape index (κ1) is 14.8. The van der Waals surface area contributed by atoms with Crippen LogP contribution in [-0.4, -0.2) is 18.6 Å². The molecule has 0 amide bonds. The first-order valence-corrected chi connectivity index (χ1v) is 6.71. The van der Waals surface area contributed by atoms with Crippen molar-refractivity contribution in [3.8, 4) is 5.75 Å². The monoisotopic (exact) mass is 294 g/mol. The average Bonchev–Trinajstić information content (AvgIpc) is 2.46. The fourth-order valence-corrected chi connectivity index (χ4v) is 2.18. The summed E-state index contributed by atoms with van der Waals surface area (Å²) in [6.45, 7) is 2.70. The van der Waals surface area contributed by atoms with Gasteiger partial charge in [0.1, 0.15) is 11.6 Å². The van der Waals surface area contributed by atoms with Crippen LogP contribution in [0.25, 0.3) is 0 Å². The van der Waals surface area contributed by atoms with E-state index in [1.165, 1.54) is 12.1 Å². The molecule has 0 fully saturated rings. The molecule has 0 aliphatic heterocycles. The molecule has 2 aromatic rings. The Balaban J connectivity index is 2.47. The van der Waals surface area contributed by atoms with E-state index < -0.39 is 0 Å². The highest BCUT2D eigenvalue weighted by Crippen LogP contribution is 2.30. The third-order valence-electron chi connectivity index (χ3n) is 2.96. The normalized spacial score (nSPS) is 12.2. The molecule has 1 aromatic heterocycles. The molecular formula is C15H16ClFN2O. The molecule has 1 atom stereocenters. The largest absolute Gasteiger partial charge is 0.496 e. The van der Waals surface area contributed by atoms with Gasteiger partial charge < -0.3 is 10.1 Å². The second-order valence-corrected chi connectivity index (χ2v) is 4.71. The number of benzene rings is 1. The lowest BCUT2D eigenvalue weighted by Crippen LogP contribution is -2.23. The Morgan fingerprint density at radius 2 is 2.15 bits per heavy atom. The highest BCUT2D eigenvalue weighted by Gasteiger charge is 2.19. The van der Waals surface area contributed by atoms with E-state index in [0.717, 1.165) is 5.69 Å². The number of hydrogen-bond acceptors (Lipinski definition) is 3. The number of ether oxygens (including phenoxy) is 1. The molecule has 3 nitrogen and oxygen atoms in total. The van der Waals surface area contributed by atoms with Crippen LogP contribution in [0.4, 0.5) is 4.39 Å². The van der Waals surface area contributed by atoms with Gasteiger partial charge >= 0.3 is 0 Å². The number of pyridine rings is 1. The molecule has 0 bridgehead atoms. The molecule has 5 heteroatoms. The third-order valence-corrected chi connectivity index (χ3v) is 3.18. The quantitative estimate of drug-likeness (QED) is 0.915. The van der Waals surface area contributed by atoms with E-state index in [4.69, 9.17) is 16.3 Å². The summed E-state index contributed by atoms with van der Waals surface area (Å²) in [6, 6.07) is 7.79. The average molecular weight is 295 g/mol. The summed E-state index contributed by atoms with van der Waals surface area (Å²) in [4.78, 5) is 4.31. The van der Waals surface area contributed by atoms with Gasteiger partial charge in [-0.2, -0.15) is 0 Å². The lowest BCUT2D eigenvalue weighted by Gasteiger charge is -2.20. The minimum atomic E-state index is -0.308. The zero-order valence-corrected chi connectivity index (χ0v) is 12.1. The van der Waals surface area contributed by atoms with Crippen LogP contribution >= 0.6 is 11.6 Å². The Hall–Kier alpha value is -1.65. The molecule has 0 radical (unpaired) electrons. The summed E-state index contributed by atoms with van der Waals surface area (Å²) in [6.07, 6.45) is 1.58. The van der Waals surface area contributed by atoms with Gasteiger partial charge in [-0.3, -0.25) is 4.98 Å². The van der Waals surface area contributed by atoms with Crippen molar-refractivity contribution in [3.63, 3.8) is 0 Å². The minimum absolute atomic E-state index is 0.247. The van der Waals surface area contributed by atoms with Crippen molar-refractivity contribution in [1.82, 2.24) is 10.3 Å². The van der Waals surface area contributed by atoms with Crippen LogP contribution in [0.5, 0.6) is 5.75 Å². The molecule has 1 aromatic carbocycles. The Kier molecular flexibility index (Phi) is 4.93. The predicted octanol–water partition coefficient (Wildman–Crippen LogP) is 3.58. The van der Waals surface area contributed by atoms with Gasteiger partial charge in [0.15, 0.2) is 0 Å². The van der Waals surface area contributed by atoms with E-state index in [0.29, 0.717) is 22.9 Å². The summed E-state index contributed by atoms with van der Waals surface area (Å²) in [5, 5.41) is 3.85. The summed E-state index contributed by atoms with van der Waals surface area (Å²) >= 11 is 5.86. The van der Waals surface area contributed by atoms with Gasteiger partial charge in [0.2, 0.25) is 0 Å². The smallest absolute Gasteiger partial charge is 0.124 e. The van der Waals surface area contributed by atoms with Crippen LogP contribution in [0.3, 0.4) is 0 Å². The fraction of sp³-hybridized carbons (Fsp3) is 0.267. The first-order chi connectivity index (χ1) is 9.65. The van der Waals surface area contributed by atoms with Gasteiger partial charge in [0.05, 0.1) is 23.9 Å². The van der Waals surface area contributed by atoms with Crippen LogP contribution in [0.2, 0.25) is 5.02 Å². The van der Waals surface area contributed by atoms with Crippen molar-refractivity contribution in [2.45, 2.75) is 13.0 Å². The summed E-state index contributed by atoms with van der Waals surface area (Å²) in [5.74, 6) is 0.312. The zero-order valence-electron chi connectivity index (χ0n) is 11.4. The fourth-order valence-electron chi connectivity index (χ4n) is 2.07. The molecule has 1 unspecified atom stereocenters. The third kappa shape index (κ3) is 3.26. The van der Waals surface area contributed by atoms with Crippen molar-refractivity contribution in [3.05, 3.63) is 58.6 Å². The van der Waals surface area contributed by atoms with Crippen LogP contribution < -0.4 is 10.1 Å². The van der Waals surface area contributed by atoms with E-state index in [1.54, 1.807) is 25.4 Å². The van der Waals surface area contributed by atoms with Crippen LogP contribution in [-0.2, 0) is 0 Å². The number of hydrogen-bond donors (Lipinski definition) is 1. The van der Waals surface area contributed by atoms with E-state index >= 15 is 0 Å². The highest BCUT2D eigenvalue weighted by atomic mass is 35.5. The van der Waals surface area contributed by atoms with Crippen molar-refractivity contribution >= 4 is 11.6 Å². The van der Waals surface area contributed by atoms with Gasteiger partial charge in [-0.05, 0) is 36.9 Å². The van der Waals surface area contributed by atoms with Crippen molar-refractivity contribution < 1.29 is 9.13 Å². The molecular weight excluding hydrogens is 279 g/mol. The summed E-state index contributed by atoms with van der Waals surface area (Å²) in [7, 11) is 1.56. The Morgan fingerprint density at radius 3 is 2.75 bits per heavy atom. The van der Waals surface area contributed by atoms with E-state index in [1.807, 2.05) is 13.0 Å². The van der Waals surface area contributed by atoms with Crippen molar-refractivity contribution in [2.75, 3.05) is 13.7 Å². The maximum Gasteiger partial charge on any atom is 0.124 e. The standard InChI is InChI=1S/C15H16ClFN2O/c1-3-18-15(13-6-4-10(16)9-19-13)12-8-11(17)5-7-14(12)20-2/h4-9,15,18H,3H2,1-2H3. The van der Waals surface area contributed by atoms with Gasteiger partial charge in [-0.25, -0.2) is 4.39 Å². The van der Waals surface area contributed by atoms with Crippen LogP contribution in [0, 0.1) is 5.82 Å². The molecule has 0 saturated carbocycles. The van der Waals surface area contributed by atoms with Gasteiger partial charge in [-0.15, -0.1) is 0 Å². The van der Waals surface area contributed by atoms with E-state index in [2.05, 4.69) is 10.3 Å². The van der Waals surface area contributed by atoms with Gasteiger partial charge in [0, 0.05) is 11.8 Å². The van der Waals surface area contributed by atoms with Crippen molar-refractivity contribution in [1.29, 1.82) is 0 Å². The Labute approximate surface area is 122 Å². The summed E-state index contributed by atoms with van der Waals surface area (Å²) in [5.41, 5.74) is 1.48. The highest BCUT2D eigenvalue weighted by molar-refractivity contribution is 6.30. The Bertz CT molecular complexity index is 575. The number of methoxy groups -OCH3 is 1. The number of nitrogens with zero attached hydrogens (tertiary/aromatic N) is 1. The molecule has 0 aliphatic carbocycles. The molecule has 0 aliphatic rings. The van der Waals surface area contributed by atoms with Gasteiger partial charge in [-0.1, -0.05) is 18.5 Å². The number of aromatic nitrogens is 1. The summed E-state index contributed by atoms with van der Waals surface area (Å²) < 4.78 is 18.9. The maximum absolute atomic E-state index is 13.5. The maximum atomic E-state index is 13.5. The SMILES string of the molecule is CCNC(c1ccc(Cl)cn1)c1cc(F)ccc1OC. The Morgan fingerprint density at radius 1 is 1.35 bits per heavy atom. The number of halogens is 2. The molecule has 106 valence electrons. The molecule has 20 heavy (non-hydrogen) atoms. The zero-order chi connectivity index (χ0) is 14.5. The molecule has 0 saturated heterocycles. The number of nitrogens with one attached hydrogen (secondary N) is 1. The first-order valence-electron chi connectivity index (χ1n) is 6.34. The predicted molar refractivity (Wildman–Crippen MR) is 77.7 cm³/mol. The number of rotatable bonds is 5. The lowest BCUT2D eigenvalue weighted by molar-refractivity contribution is 0.402. The second kappa shape index (κ2) is 6.68. The minimum Gasteiger partial charge on any atom is -0.496 e.